The van der Waals surface area contributed by atoms with Crippen molar-refractivity contribution in [3.63, 3.8) is 0 Å². The molecule has 3 rings (SSSR count). The number of hydrogen-bond donors (Lipinski definition) is 2. The number of imidazole rings is 1. The molecule has 0 atom stereocenters. The fraction of sp³-hybridized carbons (Fsp3) is 0.267. The van der Waals surface area contributed by atoms with Crippen molar-refractivity contribution in [1.29, 1.82) is 0 Å². The van der Waals surface area contributed by atoms with Crippen LogP contribution in [0.3, 0.4) is 0 Å². The van der Waals surface area contributed by atoms with Crippen LogP contribution >= 0.6 is 0 Å². The molecule has 0 unspecified atom stereocenters. The third-order valence-electron chi connectivity index (χ3n) is 3.12. The quantitative estimate of drug-likeness (QED) is 0.761. The Morgan fingerprint density at radius 3 is 2.70 bits per heavy atom. The average Bonchev–Trinajstić information content (AvgIpc) is 2.80. The molecule has 20 heavy (non-hydrogen) atoms. The van der Waals surface area contributed by atoms with Crippen molar-refractivity contribution < 1.29 is 0 Å². The lowest BCUT2D eigenvalue weighted by atomic mass is 10.2. The van der Waals surface area contributed by atoms with Crippen LogP contribution in [0.5, 0.6) is 0 Å². The van der Waals surface area contributed by atoms with Crippen molar-refractivity contribution in [2.75, 3.05) is 0 Å². The van der Waals surface area contributed by atoms with Gasteiger partial charge in [-0.2, -0.15) is 0 Å². The van der Waals surface area contributed by atoms with Crippen LogP contribution in [0.15, 0.2) is 35.1 Å². The van der Waals surface area contributed by atoms with Gasteiger partial charge in [-0.3, -0.25) is 4.79 Å². The van der Waals surface area contributed by atoms with Crippen LogP contribution < -0.4 is 5.56 Å². The van der Waals surface area contributed by atoms with E-state index >= 15 is 0 Å². The van der Waals surface area contributed by atoms with E-state index in [1.54, 1.807) is 6.07 Å². The zero-order chi connectivity index (χ0) is 13.9. The zero-order valence-electron chi connectivity index (χ0n) is 11.3. The van der Waals surface area contributed by atoms with Gasteiger partial charge >= 0.3 is 0 Å². The Morgan fingerprint density at radius 1 is 1.10 bits per heavy atom. The second-order valence-electron chi connectivity index (χ2n) is 4.81. The highest BCUT2D eigenvalue weighted by atomic mass is 16.1. The second-order valence-corrected chi connectivity index (χ2v) is 4.81. The van der Waals surface area contributed by atoms with E-state index in [2.05, 4.69) is 26.9 Å². The maximum atomic E-state index is 11.6. The number of nitrogens with zero attached hydrogens (tertiary/aromatic N) is 2. The van der Waals surface area contributed by atoms with E-state index in [1.807, 2.05) is 24.3 Å². The van der Waals surface area contributed by atoms with E-state index in [-0.39, 0.29) is 5.56 Å². The van der Waals surface area contributed by atoms with Crippen LogP contribution in [0.1, 0.15) is 30.7 Å². The molecular formula is C15H16N4O. The maximum absolute atomic E-state index is 11.6. The molecule has 5 heteroatoms. The van der Waals surface area contributed by atoms with Gasteiger partial charge in [0.05, 0.1) is 17.5 Å². The summed E-state index contributed by atoms with van der Waals surface area (Å²) in [6.45, 7) is 2.07. The molecule has 5 nitrogen and oxygen atoms in total. The predicted octanol–water partition coefficient (Wildman–Crippen LogP) is 2.19. The Labute approximate surface area is 116 Å². The number of aromatic amines is 2. The molecule has 0 bridgehead atoms. The molecule has 0 saturated heterocycles. The van der Waals surface area contributed by atoms with Crippen molar-refractivity contribution in [2.45, 2.75) is 26.2 Å². The Balaban J connectivity index is 1.92. The molecule has 0 amide bonds. The van der Waals surface area contributed by atoms with Crippen LogP contribution in [-0.2, 0) is 12.8 Å². The average molecular weight is 268 g/mol. The first-order valence-corrected chi connectivity index (χ1v) is 6.77. The lowest BCUT2D eigenvalue weighted by molar-refractivity contribution is 0.821. The summed E-state index contributed by atoms with van der Waals surface area (Å²) < 4.78 is 0. The largest absolute Gasteiger partial charge is 0.342 e. The molecular weight excluding hydrogens is 252 g/mol. The van der Waals surface area contributed by atoms with Crippen molar-refractivity contribution in [3.8, 4) is 0 Å². The highest BCUT2D eigenvalue weighted by Crippen LogP contribution is 2.11. The fourth-order valence-corrected chi connectivity index (χ4v) is 2.28. The zero-order valence-corrected chi connectivity index (χ0v) is 11.3. The number of para-hydroxylation sites is 2. The van der Waals surface area contributed by atoms with Gasteiger partial charge in [-0.25, -0.2) is 9.97 Å². The first kappa shape index (κ1) is 12.6. The number of nitrogens with one attached hydrogen (secondary N) is 2. The lowest BCUT2D eigenvalue weighted by Crippen LogP contribution is -2.13. The number of fused-ring (bicyclic) bond motifs is 1. The summed E-state index contributed by atoms with van der Waals surface area (Å²) in [5.41, 5.74) is 2.65. The summed E-state index contributed by atoms with van der Waals surface area (Å²) in [4.78, 5) is 26.6. The molecule has 2 N–H and O–H groups in total. The minimum atomic E-state index is -0.102. The minimum Gasteiger partial charge on any atom is -0.342 e. The molecule has 0 spiro atoms. The molecule has 1 aromatic carbocycles. The van der Waals surface area contributed by atoms with E-state index in [0.29, 0.717) is 12.2 Å². The molecule has 0 saturated carbocycles. The summed E-state index contributed by atoms with van der Waals surface area (Å²) in [5.74, 6) is 1.46. The Kier molecular flexibility index (Phi) is 3.33. The van der Waals surface area contributed by atoms with Crippen LogP contribution in [0.2, 0.25) is 0 Å². The Hall–Kier alpha value is -2.43. The molecule has 2 heterocycles. The number of benzene rings is 1. The van der Waals surface area contributed by atoms with Crippen molar-refractivity contribution >= 4 is 11.0 Å². The van der Waals surface area contributed by atoms with E-state index < -0.39 is 0 Å². The molecule has 0 aliphatic heterocycles. The summed E-state index contributed by atoms with van der Waals surface area (Å²) in [6.07, 6.45) is 2.29. The molecule has 102 valence electrons. The van der Waals surface area contributed by atoms with Gasteiger partial charge in [0.2, 0.25) is 0 Å². The van der Waals surface area contributed by atoms with E-state index in [1.165, 1.54) is 0 Å². The summed E-state index contributed by atoms with van der Waals surface area (Å²) in [5, 5.41) is 0. The van der Waals surface area contributed by atoms with E-state index in [9.17, 15) is 4.79 Å². The van der Waals surface area contributed by atoms with Gasteiger partial charge in [0.1, 0.15) is 11.6 Å². The van der Waals surface area contributed by atoms with Gasteiger partial charge in [-0.15, -0.1) is 0 Å². The van der Waals surface area contributed by atoms with Gasteiger partial charge in [0.15, 0.2) is 0 Å². The molecule has 0 fully saturated rings. The monoisotopic (exact) mass is 268 g/mol. The van der Waals surface area contributed by atoms with E-state index in [4.69, 9.17) is 0 Å². The standard InChI is InChI=1S/C15H16N4O/c1-2-5-10-8-15(20)19-13(16-10)9-14-17-11-6-3-4-7-12(11)18-14/h3-4,6-8H,2,5,9H2,1H3,(H,17,18)(H,16,19,20). The SMILES string of the molecule is CCCc1cc(=O)[nH]c(Cc2nc3ccccc3[nH]2)n1. The smallest absolute Gasteiger partial charge is 0.251 e. The van der Waals surface area contributed by atoms with Gasteiger partial charge in [0.25, 0.3) is 5.56 Å². The molecule has 3 aromatic rings. The molecule has 0 aliphatic carbocycles. The van der Waals surface area contributed by atoms with Crippen molar-refractivity contribution in [3.05, 3.63) is 58.0 Å². The fourth-order valence-electron chi connectivity index (χ4n) is 2.28. The third kappa shape index (κ3) is 2.61. The number of aryl methyl sites for hydroxylation is 1. The number of H-pyrrole nitrogens is 2. The van der Waals surface area contributed by atoms with Gasteiger partial charge < -0.3 is 9.97 Å². The van der Waals surface area contributed by atoms with Crippen molar-refractivity contribution in [1.82, 2.24) is 19.9 Å². The van der Waals surface area contributed by atoms with Crippen LogP contribution in [0, 0.1) is 0 Å². The highest BCUT2D eigenvalue weighted by molar-refractivity contribution is 5.74. The van der Waals surface area contributed by atoms with Gasteiger partial charge in [0, 0.05) is 11.8 Å². The maximum Gasteiger partial charge on any atom is 0.251 e. The first-order chi connectivity index (χ1) is 9.74. The highest BCUT2D eigenvalue weighted by Gasteiger charge is 2.06. The normalized spacial score (nSPS) is 11.1. The summed E-state index contributed by atoms with van der Waals surface area (Å²) in [7, 11) is 0. The second kappa shape index (κ2) is 5.28. The molecule has 2 aromatic heterocycles. The van der Waals surface area contributed by atoms with E-state index in [0.717, 1.165) is 35.4 Å². The van der Waals surface area contributed by atoms with Crippen LogP contribution in [-0.4, -0.2) is 19.9 Å². The minimum absolute atomic E-state index is 0.102. The van der Waals surface area contributed by atoms with Gasteiger partial charge in [-0.1, -0.05) is 25.5 Å². The number of hydrogen-bond acceptors (Lipinski definition) is 3. The predicted molar refractivity (Wildman–Crippen MR) is 77.8 cm³/mol. The summed E-state index contributed by atoms with van der Waals surface area (Å²) >= 11 is 0. The summed E-state index contributed by atoms with van der Waals surface area (Å²) in [6, 6.07) is 9.42. The Bertz CT molecular complexity index is 755. The first-order valence-electron chi connectivity index (χ1n) is 6.77. The third-order valence-corrected chi connectivity index (χ3v) is 3.12. The van der Waals surface area contributed by atoms with Crippen LogP contribution in [0.4, 0.5) is 0 Å². The number of rotatable bonds is 4. The number of aromatic nitrogens is 4. The van der Waals surface area contributed by atoms with Crippen LogP contribution in [0.25, 0.3) is 11.0 Å². The molecule has 0 aliphatic rings. The lowest BCUT2D eigenvalue weighted by Gasteiger charge is -2.01. The molecule has 0 radical (unpaired) electrons. The topological polar surface area (TPSA) is 74.4 Å². The van der Waals surface area contributed by atoms with Gasteiger partial charge in [-0.05, 0) is 18.6 Å². The Morgan fingerprint density at radius 2 is 1.90 bits per heavy atom. The van der Waals surface area contributed by atoms with Crippen molar-refractivity contribution in [2.24, 2.45) is 0 Å².